The molecule has 0 saturated carbocycles. The molecule has 1 unspecified atom stereocenters. The van der Waals surface area contributed by atoms with E-state index in [0.29, 0.717) is 12.9 Å². The Kier molecular flexibility index (Phi) is 10.5. The monoisotopic (exact) mass is 547 g/mol. The van der Waals surface area contributed by atoms with Crippen molar-refractivity contribution in [1.82, 2.24) is 14.9 Å². The number of aromatic nitrogens is 2. The molecule has 2 aliphatic heterocycles. The highest BCUT2D eigenvalue weighted by Gasteiger charge is 2.40. The highest BCUT2D eigenvalue weighted by atomic mass is 16.7. The summed E-state index contributed by atoms with van der Waals surface area (Å²) in [6.45, 7) is 5.78. The van der Waals surface area contributed by atoms with E-state index in [1.54, 1.807) is 0 Å². The third kappa shape index (κ3) is 9.16. The summed E-state index contributed by atoms with van der Waals surface area (Å²) in [7, 11) is 0. The molecule has 13 nitrogen and oxygen atoms in total. The van der Waals surface area contributed by atoms with E-state index >= 15 is 0 Å². The van der Waals surface area contributed by atoms with Gasteiger partial charge in [-0.1, -0.05) is 13.0 Å². The Morgan fingerprint density at radius 3 is 2.21 bits per heavy atom. The Morgan fingerprint density at radius 2 is 1.64 bits per heavy atom. The number of benzene rings is 1. The van der Waals surface area contributed by atoms with Crippen LogP contribution in [0.3, 0.4) is 0 Å². The Labute approximate surface area is 225 Å². The van der Waals surface area contributed by atoms with Gasteiger partial charge in [-0.15, -0.1) is 0 Å². The van der Waals surface area contributed by atoms with Crippen molar-refractivity contribution in [3.05, 3.63) is 47.5 Å². The van der Waals surface area contributed by atoms with Gasteiger partial charge in [-0.3, -0.25) is 14.5 Å². The number of nitrogens with zero attached hydrogens (tertiary/aromatic N) is 3. The van der Waals surface area contributed by atoms with Crippen molar-refractivity contribution in [3.63, 3.8) is 0 Å². The molecule has 1 atom stereocenters. The van der Waals surface area contributed by atoms with Crippen LogP contribution in [-0.4, -0.2) is 84.9 Å². The lowest BCUT2D eigenvalue weighted by Gasteiger charge is -2.25. The fourth-order valence-corrected chi connectivity index (χ4v) is 4.18. The molecule has 212 valence electrons. The quantitative estimate of drug-likeness (QED) is 0.301. The number of rotatable bonds is 12. The largest absolute Gasteiger partial charge is 0.481 e. The number of aliphatic carboxylic acids is 3. The molecular formula is C26H33N3O10. The maximum Gasteiger partial charge on any atom is 0.336 e. The van der Waals surface area contributed by atoms with E-state index < -0.39 is 36.4 Å². The molecule has 4 N–H and O–H groups in total. The number of aryl methyl sites for hydroxylation is 1. The van der Waals surface area contributed by atoms with Gasteiger partial charge >= 0.3 is 17.9 Å². The Morgan fingerprint density at radius 1 is 1.00 bits per heavy atom. The fraction of sp³-hybridized carbons (Fsp3) is 0.500. The molecule has 4 rings (SSSR count). The fourth-order valence-electron chi connectivity index (χ4n) is 4.18. The van der Waals surface area contributed by atoms with Crippen LogP contribution in [0.4, 0.5) is 0 Å². The van der Waals surface area contributed by atoms with Gasteiger partial charge in [-0.2, -0.15) is 0 Å². The van der Waals surface area contributed by atoms with Gasteiger partial charge in [-0.05, 0) is 30.5 Å². The molecule has 0 radical (unpaired) electrons. The number of aliphatic hydroxyl groups is 1. The van der Waals surface area contributed by atoms with E-state index in [1.807, 2.05) is 18.5 Å². The van der Waals surface area contributed by atoms with Crippen LogP contribution in [0, 0.1) is 0 Å². The zero-order chi connectivity index (χ0) is 28.4. The maximum atomic E-state index is 10.3. The Balaban J connectivity index is 0.000000276. The van der Waals surface area contributed by atoms with Crippen molar-refractivity contribution < 1.29 is 49.0 Å². The van der Waals surface area contributed by atoms with Crippen LogP contribution in [-0.2, 0) is 38.6 Å². The number of hydrogen-bond acceptors (Lipinski definition) is 10. The van der Waals surface area contributed by atoms with Crippen molar-refractivity contribution in [2.45, 2.75) is 63.8 Å². The van der Waals surface area contributed by atoms with Crippen molar-refractivity contribution in [1.29, 1.82) is 0 Å². The van der Waals surface area contributed by atoms with Crippen molar-refractivity contribution in [3.8, 4) is 11.5 Å². The van der Waals surface area contributed by atoms with Crippen LogP contribution in [0.1, 0.15) is 49.6 Å². The van der Waals surface area contributed by atoms with Crippen LogP contribution < -0.4 is 9.47 Å². The lowest BCUT2D eigenvalue weighted by atomic mass is 9.96. The lowest BCUT2D eigenvalue weighted by Crippen LogP contribution is -2.42. The first-order chi connectivity index (χ1) is 18.6. The molecule has 0 amide bonds. The average Bonchev–Trinajstić information content (AvgIpc) is 3.55. The second kappa shape index (κ2) is 13.8. The minimum Gasteiger partial charge on any atom is -0.481 e. The van der Waals surface area contributed by atoms with Gasteiger partial charge in [0.15, 0.2) is 17.1 Å². The molecule has 0 spiro atoms. The number of carboxylic acid groups (broad SMARTS) is 3. The summed E-state index contributed by atoms with van der Waals surface area (Å²) in [6, 6.07) is 6.16. The molecule has 1 fully saturated rings. The van der Waals surface area contributed by atoms with Gasteiger partial charge in [0.1, 0.15) is 5.82 Å². The second-order valence-electron chi connectivity index (χ2n) is 9.33. The molecule has 1 aromatic carbocycles. The van der Waals surface area contributed by atoms with Crippen LogP contribution >= 0.6 is 0 Å². The Bertz CT molecular complexity index is 1120. The molecule has 2 aliphatic rings. The van der Waals surface area contributed by atoms with Gasteiger partial charge in [0.2, 0.25) is 6.79 Å². The summed E-state index contributed by atoms with van der Waals surface area (Å²) in [5, 5.41) is 33.8. The molecule has 39 heavy (non-hydrogen) atoms. The minimum atomic E-state index is -2.74. The first kappa shape index (κ1) is 29.7. The zero-order valence-electron chi connectivity index (χ0n) is 21.6. The second-order valence-corrected chi connectivity index (χ2v) is 9.33. The van der Waals surface area contributed by atoms with Crippen molar-refractivity contribution in [2.75, 3.05) is 19.9 Å². The van der Waals surface area contributed by atoms with E-state index in [-0.39, 0.29) is 0 Å². The SMILES string of the molecule is CCc1ncc(CN(Cc2ccc3c(c2)OCO3)CC2CCCO2)cn1.O=C(O)CC(O)(CC(=O)O)C(=O)O. The Hall–Kier alpha value is -3.81. The van der Waals surface area contributed by atoms with E-state index in [1.165, 1.54) is 5.56 Å². The van der Waals surface area contributed by atoms with E-state index in [4.69, 9.17) is 34.6 Å². The summed E-state index contributed by atoms with van der Waals surface area (Å²) in [4.78, 5) is 41.7. The van der Waals surface area contributed by atoms with Crippen LogP contribution in [0.5, 0.6) is 11.5 Å². The van der Waals surface area contributed by atoms with Crippen LogP contribution in [0.2, 0.25) is 0 Å². The highest BCUT2D eigenvalue weighted by Crippen LogP contribution is 2.33. The number of carbonyl (C=O) groups is 3. The summed E-state index contributed by atoms with van der Waals surface area (Å²) in [6.07, 6.45) is 5.03. The van der Waals surface area contributed by atoms with Crippen LogP contribution in [0.15, 0.2) is 30.6 Å². The predicted molar refractivity (Wildman–Crippen MR) is 134 cm³/mol. The van der Waals surface area contributed by atoms with Gasteiger partial charge in [0, 0.05) is 50.6 Å². The van der Waals surface area contributed by atoms with Gasteiger partial charge in [0.25, 0.3) is 0 Å². The smallest absolute Gasteiger partial charge is 0.336 e. The third-order valence-corrected chi connectivity index (χ3v) is 6.10. The predicted octanol–water partition coefficient (Wildman–Crippen LogP) is 1.70. The van der Waals surface area contributed by atoms with Crippen molar-refractivity contribution in [2.24, 2.45) is 0 Å². The molecule has 1 saturated heterocycles. The molecule has 0 bridgehead atoms. The van der Waals surface area contributed by atoms with E-state index in [9.17, 15) is 14.4 Å². The summed E-state index contributed by atoms with van der Waals surface area (Å²) in [5.74, 6) is -2.48. The number of hydrogen-bond donors (Lipinski definition) is 4. The average molecular weight is 548 g/mol. The number of ether oxygens (including phenoxy) is 3. The molecular weight excluding hydrogens is 514 g/mol. The van der Waals surface area contributed by atoms with Gasteiger partial charge < -0.3 is 34.6 Å². The molecule has 2 aromatic rings. The summed E-state index contributed by atoms with van der Waals surface area (Å²) < 4.78 is 16.8. The summed E-state index contributed by atoms with van der Waals surface area (Å²) in [5.41, 5.74) is -0.406. The summed E-state index contributed by atoms with van der Waals surface area (Å²) >= 11 is 0. The van der Waals surface area contributed by atoms with Crippen LogP contribution in [0.25, 0.3) is 0 Å². The normalized spacial score (nSPS) is 16.0. The molecule has 0 aliphatic carbocycles. The third-order valence-electron chi connectivity index (χ3n) is 6.10. The first-order valence-corrected chi connectivity index (χ1v) is 12.5. The molecule has 1 aromatic heterocycles. The van der Waals surface area contributed by atoms with Gasteiger partial charge in [0.05, 0.1) is 18.9 Å². The molecule has 3 heterocycles. The maximum absolute atomic E-state index is 10.3. The number of fused-ring (bicyclic) bond motifs is 1. The first-order valence-electron chi connectivity index (χ1n) is 12.5. The van der Waals surface area contributed by atoms with E-state index in [0.717, 1.165) is 68.4 Å². The highest BCUT2D eigenvalue weighted by molar-refractivity contribution is 5.88. The van der Waals surface area contributed by atoms with Crippen molar-refractivity contribution >= 4 is 17.9 Å². The molecule has 13 heteroatoms. The van der Waals surface area contributed by atoms with E-state index in [2.05, 4.69) is 33.9 Å². The zero-order valence-corrected chi connectivity index (χ0v) is 21.6. The number of carboxylic acids is 3. The minimum absolute atomic E-state index is 0.305. The lowest BCUT2D eigenvalue weighted by molar-refractivity contribution is -0.170. The van der Waals surface area contributed by atoms with Gasteiger partial charge in [-0.25, -0.2) is 14.8 Å². The standard InChI is InChI=1S/C20H25N3O3.C6H8O7/c1-2-20-21-9-16(10-22-20)12-23(13-17-4-3-7-24-17)11-15-5-6-18-19(8-15)26-14-25-18;7-3(8)1-6(13,5(11)12)2-4(9)10/h5-6,8-10,17H,2-4,7,11-14H2,1H3;13H,1-2H2,(H,7,8)(H,9,10)(H,11,12). The topological polar surface area (TPSA) is 189 Å².